The van der Waals surface area contributed by atoms with E-state index in [1.165, 1.54) is 37.7 Å². The molecule has 2 atom stereocenters. The zero-order valence-electron chi connectivity index (χ0n) is 10.4. The molecule has 0 spiro atoms. The summed E-state index contributed by atoms with van der Waals surface area (Å²) < 4.78 is 0. The highest BCUT2D eigenvalue weighted by atomic mass is 35.5. The van der Waals surface area contributed by atoms with Crippen molar-refractivity contribution in [1.29, 1.82) is 0 Å². The van der Waals surface area contributed by atoms with Crippen molar-refractivity contribution in [1.82, 2.24) is 0 Å². The molecule has 0 aromatic heterocycles. The van der Waals surface area contributed by atoms with E-state index in [1.807, 2.05) is 12.1 Å². The minimum absolute atomic E-state index is 0.784. The van der Waals surface area contributed by atoms with Crippen molar-refractivity contribution >= 4 is 11.6 Å². The van der Waals surface area contributed by atoms with Gasteiger partial charge < -0.3 is 5.73 Å². The van der Waals surface area contributed by atoms with Crippen LogP contribution in [0.4, 0.5) is 0 Å². The fourth-order valence-corrected chi connectivity index (χ4v) is 3.31. The summed E-state index contributed by atoms with van der Waals surface area (Å²) in [6.45, 7) is 0.823. The molecule has 1 saturated carbocycles. The van der Waals surface area contributed by atoms with Crippen LogP contribution in [-0.4, -0.2) is 6.54 Å². The van der Waals surface area contributed by atoms with Crippen LogP contribution in [0, 0.1) is 11.8 Å². The Labute approximate surface area is 109 Å². The quantitative estimate of drug-likeness (QED) is 0.859. The predicted octanol–water partition coefficient (Wildman–Crippen LogP) is 4.04. The Balaban J connectivity index is 2.03. The number of rotatable bonds is 4. The summed E-state index contributed by atoms with van der Waals surface area (Å²) in [6, 6.07) is 8.25. The topological polar surface area (TPSA) is 26.0 Å². The van der Waals surface area contributed by atoms with Crippen LogP contribution >= 0.6 is 11.6 Å². The van der Waals surface area contributed by atoms with Gasteiger partial charge in [-0.1, -0.05) is 49.1 Å². The van der Waals surface area contributed by atoms with E-state index >= 15 is 0 Å². The number of hydrogen-bond acceptors (Lipinski definition) is 1. The average molecular weight is 252 g/mol. The van der Waals surface area contributed by atoms with Crippen molar-refractivity contribution < 1.29 is 0 Å². The van der Waals surface area contributed by atoms with E-state index in [4.69, 9.17) is 17.3 Å². The standard InChI is InChI=1S/C15H22ClN/c16-15-8-4-3-7-14(15)11-13-6-2-1-5-12(13)9-10-17/h3-4,7-8,12-13H,1-2,5-6,9-11,17H2. The lowest BCUT2D eigenvalue weighted by Crippen LogP contribution is -2.24. The van der Waals surface area contributed by atoms with Crippen LogP contribution in [0.2, 0.25) is 5.02 Å². The highest BCUT2D eigenvalue weighted by Crippen LogP contribution is 2.35. The molecule has 0 amide bonds. The highest BCUT2D eigenvalue weighted by Gasteiger charge is 2.24. The maximum Gasteiger partial charge on any atom is 0.0438 e. The summed E-state index contributed by atoms with van der Waals surface area (Å²) in [5, 5.41) is 0.921. The molecule has 0 bridgehead atoms. The van der Waals surface area contributed by atoms with Crippen LogP contribution in [0.5, 0.6) is 0 Å². The van der Waals surface area contributed by atoms with Crippen LogP contribution in [0.3, 0.4) is 0 Å². The molecule has 17 heavy (non-hydrogen) atoms. The third-order valence-corrected chi connectivity index (χ3v) is 4.41. The summed E-state index contributed by atoms with van der Waals surface area (Å²) in [5.74, 6) is 1.59. The summed E-state index contributed by atoms with van der Waals surface area (Å²) in [7, 11) is 0. The largest absolute Gasteiger partial charge is 0.330 e. The van der Waals surface area contributed by atoms with Gasteiger partial charge in [0.1, 0.15) is 0 Å². The van der Waals surface area contributed by atoms with E-state index in [-0.39, 0.29) is 0 Å². The molecule has 1 fully saturated rings. The van der Waals surface area contributed by atoms with Gasteiger partial charge in [0.2, 0.25) is 0 Å². The van der Waals surface area contributed by atoms with Crippen LogP contribution in [0.1, 0.15) is 37.7 Å². The van der Waals surface area contributed by atoms with Crippen molar-refractivity contribution in [2.24, 2.45) is 17.6 Å². The molecule has 0 heterocycles. The third kappa shape index (κ3) is 3.46. The molecule has 0 radical (unpaired) electrons. The molecule has 2 heteroatoms. The van der Waals surface area contributed by atoms with Crippen molar-refractivity contribution in [3.05, 3.63) is 34.9 Å². The van der Waals surface area contributed by atoms with Crippen molar-refractivity contribution in [2.75, 3.05) is 6.54 Å². The lowest BCUT2D eigenvalue weighted by Gasteiger charge is -2.31. The molecule has 2 rings (SSSR count). The lowest BCUT2D eigenvalue weighted by molar-refractivity contribution is 0.225. The number of nitrogens with two attached hydrogens (primary N) is 1. The molecule has 0 saturated heterocycles. The molecule has 2 N–H and O–H groups in total. The van der Waals surface area contributed by atoms with Crippen molar-refractivity contribution in [2.45, 2.75) is 38.5 Å². The second-order valence-corrected chi connectivity index (χ2v) is 5.58. The van der Waals surface area contributed by atoms with Crippen molar-refractivity contribution in [3.8, 4) is 0 Å². The van der Waals surface area contributed by atoms with Crippen LogP contribution in [0.25, 0.3) is 0 Å². The fourth-order valence-electron chi connectivity index (χ4n) is 3.09. The fraction of sp³-hybridized carbons (Fsp3) is 0.600. The van der Waals surface area contributed by atoms with Gasteiger partial charge in [-0.05, 0) is 49.3 Å². The van der Waals surface area contributed by atoms with E-state index in [0.29, 0.717) is 0 Å². The second-order valence-electron chi connectivity index (χ2n) is 5.18. The van der Waals surface area contributed by atoms with Gasteiger partial charge in [-0.25, -0.2) is 0 Å². The Bertz CT molecular complexity index is 349. The summed E-state index contributed by atoms with van der Waals surface area (Å²) >= 11 is 6.24. The Hall–Kier alpha value is -0.530. The van der Waals surface area contributed by atoms with Gasteiger partial charge >= 0.3 is 0 Å². The first-order valence-electron chi connectivity index (χ1n) is 6.74. The highest BCUT2D eigenvalue weighted by molar-refractivity contribution is 6.31. The van der Waals surface area contributed by atoms with Crippen LogP contribution in [0.15, 0.2) is 24.3 Å². The van der Waals surface area contributed by atoms with E-state index in [1.54, 1.807) is 0 Å². The van der Waals surface area contributed by atoms with Gasteiger partial charge in [-0.3, -0.25) is 0 Å². The smallest absolute Gasteiger partial charge is 0.0438 e. The van der Waals surface area contributed by atoms with E-state index in [2.05, 4.69) is 12.1 Å². The van der Waals surface area contributed by atoms with Crippen LogP contribution in [-0.2, 0) is 6.42 Å². The van der Waals surface area contributed by atoms with E-state index in [0.717, 1.165) is 29.8 Å². The average Bonchev–Trinajstić information content (AvgIpc) is 2.35. The van der Waals surface area contributed by atoms with Crippen molar-refractivity contribution in [3.63, 3.8) is 0 Å². The first-order valence-corrected chi connectivity index (χ1v) is 7.12. The van der Waals surface area contributed by atoms with Crippen LogP contribution < -0.4 is 5.73 Å². The monoisotopic (exact) mass is 251 g/mol. The maximum absolute atomic E-state index is 6.24. The Morgan fingerprint density at radius 3 is 2.53 bits per heavy atom. The molecule has 0 aliphatic heterocycles. The third-order valence-electron chi connectivity index (χ3n) is 4.04. The number of hydrogen-bond donors (Lipinski definition) is 1. The van der Waals surface area contributed by atoms with E-state index in [9.17, 15) is 0 Å². The first-order chi connectivity index (χ1) is 8.31. The van der Waals surface area contributed by atoms with Gasteiger partial charge in [0.05, 0.1) is 0 Å². The molecular formula is C15H22ClN. The SMILES string of the molecule is NCCC1CCCCC1Cc1ccccc1Cl. The van der Waals surface area contributed by atoms with Gasteiger partial charge in [-0.15, -0.1) is 0 Å². The number of benzene rings is 1. The predicted molar refractivity (Wildman–Crippen MR) is 74.3 cm³/mol. The molecule has 1 nitrogen and oxygen atoms in total. The molecule has 1 aliphatic rings. The lowest BCUT2D eigenvalue weighted by atomic mass is 9.75. The minimum atomic E-state index is 0.784. The first kappa shape index (κ1) is 12.9. The van der Waals surface area contributed by atoms with Gasteiger partial charge in [0.25, 0.3) is 0 Å². The van der Waals surface area contributed by atoms with Gasteiger partial charge in [0.15, 0.2) is 0 Å². The normalized spacial score (nSPS) is 24.8. The molecule has 1 aromatic rings. The Kier molecular flexibility index (Phi) is 4.87. The number of halogens is 1. The molecule has 2 unspecified atom stereocenters. The summed E-state index contributed by atoms with van der Waals surface area (Å²) in [5.41, 5.74) is 7.03. The van der Waals surface area contributed by atoms with Gasteiger partial charge in [0, 0.05) is 5.02 Å². The molecule has 94 valence electrons. The Morgan fingerprint density at radius 1 is 1.12 bits per heavy atom. The molecular weight excluding hydrogens is 230 g/mol. The van der Waals surface area contributed by atoms with Gasteiger partial charge in [-0.2, -0.15) is 0 Å². The molecule has 1 aromatic carbocycles. The summed E-state index contributed by atoms with van der Waals surface area (Å²) in [6.07, 6.45) is 7.75. The zero-order valence-corrected chi connectivity index (χ0v) is 11.1. The Morgan fingerprint density at radius 2 is 1.82 bits per heavy atom. The summed E-state index contributed by atoms with van der Waals surface area (Å²) in [4.78, 5) is 0. The minimum Gasteiger partial charge on any atom is -0.330 e. The van der Waals surface area contributed by atoms with E-state index < -0.39 is 0 Å². The molecule has 1 aliphatic carbocycles. The maximum atomic E-state index is 6.24. The second kappa shape index (κ2) is 6.42. The zero-order chi connectivity index (χ0) is 12.1.